The number of hydrogen-bond acceptors (Lipinski definition) is 3. The van der Waals surface area contributed by atoms with Crippen LogP contribution < -0.4 is 11.2 Å². The molecular formula is C12H18ClN3O2. The van der Waals surface area contributed by atoms with Crippen LogP contribution >= 0.6 is 11.6 Å². The molecule has 0 radical (unpaired) electrons. The molecule has 1 aliphatic heterocycles. The predicted octanol–water partition coefficient (Wildman–Crippen LogP) is 0.920. The van der Waals surface area contributed by atoms with Crippen molar-refractivity contribution in [2.24, 2.45) is 5.92 Å². The lowest BCUT2D eigenvalue weighted by Gasteiger charge is -2.20. The zero-order valence-electron chi connectivity index (χ0n) is 10.6. The van der Waals surface area contributed by atoms with Crippen LogP contribution in [0.2, 0.25) is 5.15 Å². The molecule has 0 bridgehead atoms. The lowest BCUT2D eigenvalue weighted by Crippen LogP contribution is -2.37. The van der Waals surface area contributed by atoms with E-state index in [0.29, 0.717) is 18.5 Å². The van der Waals surface area contributed by atoms with Gasteiger partial charge in [-0.2, -0.15) is 0 Å². The zero-order valence-corrected chi connectivity index (χ0v) is 11.4. The van der Waals surface area contributed by atoms with Crippen LogP contribution in [-0.4, -0.2) is 33.6 Å². The molecule has 1 aromatic heterocycles. The Kier molecular flexibility index (Phi) is 3.92. The molecule has 0 amide bonds. The molecule has 2 heterocycles. The summed E-state index contributed by atoms with van der Waals surface area (Å²) in [4.78, 5) is 28.2. The van der Waals surface area contributed by atoms with E-state index in [0.717, 1.165) is 19.5 Å². The zero-order chi connectivity index (χ0) is 13.3. The van der Waals surface area contributed by atoms with Crippen molar-refractivity contribution in [3.8, 4) is 0 Å². The number of hydrogen-bond donors (Lipinski definition) is 1. The second-order valence-corrected chi connectivity index (χ2v) is 5.52. The highest BCUT2D eigenvalue weighted by Gasteiger charge is 2.25. The van der Waals surface area contributed by atoms with E-state index in [2.05, 4.69) is 23.7 Å². The summed E-state index contributed by atoms with van der Waals surface area (Å²) in [5.74, 6) is 0.354. The molecule has 0 saturated carbocycles. The Bertz CT molecular complexity index is 504. The Labute approximate surface area is 110 Å². The van der Waals surface area contributed by atoms with Crippen LogP contribution in [0, 0.1) is 5.92 Å². The quantitative estimate of drug-likeness (QED) is 0.832. The molecule has 1 unspecified atom stereocenters. The number of nitrogens with zero attached hydrogens (tertiary/aromatic N) is 2. The average molecular weight is 272 g/mol. The smallest absolute Gasteiger partial charge is 0.301 e. The number of nitrogens with one attached hydrogen (secondary N) is 1. The van der Waals surface area contributed by atoms with Crippen LogP contribution in [0.4, 0.5) is 0 Å². The van der Waals surface area contributed by atoms with Gasteiger partial charge in [0.2, 0.25) is 0 Å². The summed E-state index contributed by atoms with van der Waals surface area (Å²) in [6, 6.07) is 1.76. The Hall–Kier alpha value is -1.07. The third-order valence-corrected chi connectivity index (χ3v) is 3.68. The summed E-state index contributed by atoms with van der Waals surface area (Å²) in [5.41, 5.74) is -0.748. The minimum absolute atomic E-state index is 0.0940. The van der Waals surface area contributed by atoms with Crippen LogP contribution in [0.1, 0.15) is 20.3 Å². The number of aromatic amines is 1. The lowest BCUT2D eigenvalue weighted by atomic mass is 10.1. The standard InChI is InChI=1S/C12H18ClN3O2/c1-8(2)15-4-3-9(6-15)7-16-11(17)5-10(13)14-12(16)18/h5,8-9H,3-4,6-7H2,1-2H3,(H,14,18). The molecule has 1 fully saturated rings. The minimum Gasteiger partial charge on any atom is -0.301 e. The maximum absolute atomic E-state index is 11.7. The SMILES string of the molecule is CC(C)N1CCC(Cn2c(=O)cc(Cl)[nH]c2=O)C1. The van der Waals surface area contributed by atoms with Crippen molar-refractivity contribution in [3.63, 3.8) is 0 Å². The topological polar surface area (TPSA) is 58.1 Å². The highest BCUT2D eigenvalue weighted by Crippen LogP contribution is 2.19. The fourth-order valence-corrected chi connectivity index (χ4v) is 2.58. The monoisotopic (exact) mass is 271 g/mol. The molecule has 0 aromatic carbocycles. The van der Waals surface area contributed by atoms with Crippen molar-refractivity contribution < 1.29 is 0 Å². The third kappa shape index (κ3) is 2.84. The van der Waals surface area contributed by atoms with Crippen molar-refractivity contribution in [1.82, 2.24) is 14.5 Å². The average Bonchev–Trinajstić information content (AvgIpc) is 2.71. The first-order valence-corrected chi connectivity index (χ1v) is 6.59. The van der Waals surface area contributed by atoms with Crippen molar-refractivity contribution in [3.05, 3.63) is 32.1 Å². The van der Waals surface area contributed by atoms with Crippen LogP contribution in [-0.2, 0) is 6.54 Å². The van der Waals surface area contributed by atoms with Crippen LogP contribution in [0.5, 0.6) is 0 Å². The fourth-order valence-electron chi connectivity index (χ4n) is 2.40. The molecule has 0 aliphatic carbocycles. The van der Waals surface area contributed by atoms with Gasteiger partial charge in [-0.05, 0) is 32.7 Å². The largest absolute Gasteiger partial charge is 0.329 e. The van der Waals surface area contributed by atoms with Gasteiger partial charge in [-0.25, -0.2) is 4.79 Å². The van der Waals surface area contributed by atoms with Crippen molar-refractivity contribution in [1.29, 1.82) is 0 Å². The van der Waals surface area contributed by atoms with Gasteiger partial charge in [-0.15, -0.1) is 0 Å². The summed E-state index contributed by atoms with van der Waals surface area (Å²) >= 11 is 5.63. The minimum atomic E-state index is -0.421. The molecule has 2 rings (SSSR count). The first-order chi connectivity index (χ1) is 8.47. The molecule has 6 heteroatoms. The summed E-state index contributed by atoms with van der Waals surface area (Å²) in [6.07, 6.45) is 1.02. The Morgan fingerprint density at radius 2 is 2.22 bits per heavy atom. The molecule has 1 N–H and O–H groups in total. The van der Waals surface area contributed by atoms with E-state index in [1.807, 2.05) is 0 Å². The van der Waals surface area contributed by atoms with E-state index in [1.165, 1.54) is 10.6 Å². The molecular weight excluding hydrogens is 254 g/mol. The molecule has 18 heavy (non-hydrogen) atoms. The van der Waals surface area contributed by atoms with Crippen molar-refractivity contribution in [2.75, 3.05) is 13.1 Å². The van der Waals surface area contributed by atoms with Crippen LogP contribution in [0.15, 0.2) is 15.7 Å². The highest BCUT2D eigenvalue weighted by molar-refractivity contribution is 6.29. The van der Waals surface area contributed by atoms with E-state index in [-0.39, 0.29) is 10.7 Å². The molecule has 0 spiro atoms. The van der Waals surface area contributed by atoms with Gasteiger partial charge in [0.05, 0.1) is 0 Å². The van der Waals surface area contributed by atoms with Gasteiger partial charge in [-0.3, -0.25) is 14.3 Å². The molecule has 5 nitrogen and oxygen atoms in total. The van der Waals surface area contributed by atoms with E-state index in [4.69, 9.17) is 11.6 Å². The van der Waals surface area contributed by atoms with E-state index < -0.39 is 5.69 Å². The summed E-state index contributed by atoms with van der Waals surface area (Å²) < 4.78 is 1.24. The maximum atomic E-state index is 11.7. The Morgan fingerprint density at radius 1 is 1.50 bits per heavy atom. The van der Waals surface area contributed by atoms with Gasteiger partial charge < -0.3 is 4.90 Å². The van der Waals surface area contributed by atoms with Gasteiger partial charge in [0.15, 0.2) is 0 Å². The highest BCUT2D eigenvalue weighted by atomic mass is 35.5. The predicted molar refractivity (Wildman–Crippen MR) is 71.1 cm³/mol. The van der Waals surface area contributed by atoms with Crippen molar-refractivity contribution in [2.45, 2.75) is 32.9 Å². The first-order valence-electron chi connectivity index (χ1n) is 6.21. The molecule has 1 aliphatic rings. The van der Waals surface area contributed by atoms with E-state index in [9.17, 15) is 9.59 Å². The third-order valence-electron chi connectivity index (χ3n) is 3.48. The molecule has 1 saturated heterocycles. The van der Waals surface area contributed by atoms with Gasteiger partial charge in [-0.1, -0.05) is 11.6 Å². The second-order valence-electron chi connectivity index (χ2n) is 5.11. The second kappa shape index (κ2) is 5.28. The number of halogens is 1. The maximum Gasteiger partial charge on any atom is 0.329 e. The molecule has 1 aromatic rings. The van der Waals surface area contributed by atoms with Gasteiger partial charge in [0.25, 0.3) is 5.56 Å². The lowest BCUT2D eigenvalue weighted by molar-refractivity contribution is 0.259. The fraction of sp³-hybridized carbons (Fsp3) is 0.667. The normalized spacial score (nSPS) is 20.8. The number of H-pyrrole nitrogens is 1. The molecule has 100 valence electrons. The number of likely N-dealkylation sites (tertiary alicyclic amines) is 1. The van der Waals surface area contributed by atoms with Crippen LogP contribution in [0.3, 0.4) is 0 Å². The van der Waals surface area contributed by atoms with Crippen molar-refractivity contribution >= 4 is 11.6 Å². The van der Waals surface area contributed by atoms with E-state index in [1.54, 1.807) is 0 Å². The summed E-state index contributed by atoms with van der Waals surface area (Å²) in [7, 11) is 0. The summed E-state index contributed by atoms with van der Waals surface area (Å²) in [6.45, 7) is 6.75. The van der Waals surface area contributed by atoms with Crippen LogP contribution in [0.25, 0.3) is 0 Å². The summed E-state index contributed by atoms with van der Waals surface area (Å²) in [5, 5.41) is 0.0940. The Balaban J connectivity index is 2.12. The van der Waals surface area contributed by atoms with Gasteiger partial charge >= 0.3 is 5.69 Å². The van der Waals surface area contributed by atoms with Gasteiger partial charge in [0, 0.05) is 25.2 Å². The Morgan fingerprint density at radius 3 is 2.78 bits per heavy atom. The number of rotatable bonds is 3. The van der Waals surface area contributed by atoms with E-state index >= 15 is 0 Å². The first kappa shape index (κ1) is 13.4. The van der Waals surface area contributed by atoms with Gasteiger partial charge in [0.1, 0.15) is 5.15 Å². The molecule has 1 atom stereocenters. The number of aromatic nitrogens is 2.